The standard InChI is InChI=1S/C16H18N4OS/c1-11-17-14-13(15(21)19(2)16(18-14)22-3)10-20(11)9-12-7-5-4-6-8-12/h4-8H,9-10H2,1-3H3. The van der Waals surface area contributed by atoms with Gasteiger partial charge < -0.3 is 4.90 Å². The minimum Gasteiger partial charge on any atom is -0.351 e. The van der Waals surface area contributed by atoms with Crippen LogP contribution in [0.2, 0.25) is 0 Å². The molecule has 6 heteroatoms. The largest absolute Gasteiger partial charge is 0.351 e. The molecule has 0 unspecified atom stereocenters. The Morgan fingerprint density at radius 2 is 2.00 bits per heavy atom. The molecule has 5 nitrogen and oxygen atoms in total. The molecule has 1 aliphatic heterocycles. The van der Waals surface area contributed by atoms with Crippen LogP contribution in [0.4, 0.5) is 5.82 Å². The Balaban J connectivity index is 1.97. The van der Waals surface area contributed by atoms with Crippen molar-refractivity contribution < 1.29 is 0 Å². The van der Waals surface area contributed by atoms with E-state index in [0.717, 1.165) is 12.4 Å². The van der Waals surface area contributed by atoms with Crippen LogP contribution in [-0.2, 0) is 20.1 Å². The minimum atomic E-state index is -0.0105. The monoisotopic (exact) mass is 314 g/mol. The molecule has 0 amide bonds. The minimum absolute atomic E-state index is 0.0105. The van der Waals surface area contributed by atoms with E-state index < -0.39 is 0 Å². The highest BCUT2D eigenvalue weighted by molar-refractivity contribution is 7.98. The van der Waals surface area contributed by atoms with Crippen molar-refractivity contribution in [3.8, 4) is 0 Å². The van der Waals surface area contributed by atoms with Crippen molar-refractivity contribution in [1.29, 1.82) is 0 Å². The van der Waals surface area contributed by atoms with E-state index in [1.807, 2.05) is 31.4 Å². The number of thioether (sulfide) groups is 1. The summed E-state index contributed by atoms with van der Waals surface area (Å²) in [5.41, 5.74) is 1.86. The van der Waals surface area contributed by atoms with E-state index in [0.29, 0.717) is 23.1 Å². The Labute approximate surface area is 133 Å². The fourth-order valence-electron chi connectivity index (χ4n) is 2.53. The molecular formula is C16H18N4OS. The SMILES string of the molecule is CSc1nc2c(c(=O)n1C)CN(Cc1ccccc1)C(C)=N2. The molecule has 114 valence electrons. The summed E-state index contributed by atoms with van der Waals surface area (Å²) < 4.78 is 1.60. The molecule has 0 radical (unpaired) electrons. The molecule has 1 aromatic heterocycles. The van der Waals surface area contributed by atoms with Crippen molar-refractivity contribution in [2.45, 2.75) is 25.2 Å². The lowest BCUT2D eigenvalue weighted by molar-refractivity contribution is 0.392. The van der Waals surface area contributed by atoms with Gasteiger partial charge in [0.05, 0.1) is 12.1 Å². The van der Waals surface area contributed by atoms with Gasteiger partial charge in [0.1, 0.15) is 5.84 Å². The Bertz CT molecular complexity index is 783. The molecule has 0 spiro atoms. The summed E-state index contributed by atoms with van der Waals surface area (Å²) in [6.45, 7) is 3.25. The van der Waals surface area contributed by atoms with Gasteiger partial charge in [0.25, 0.3) is 5.56 Å². The van der Waals surface area contributed by atoms with Crippen molar-refractivity contribution >= 4 is 23.4 Å². The molecule has 2 heterocycles. The molecule has 22 heavy (non-hydrogen) atoms. The normalized spacial score (nSPS) is 13.8. The van der Waals surface area contributed by atoms with Crippen LogP contribution in [0, 0.1) is 0 Å². The highest BCUT2D eigenvalue weighted by atomic mass is 32.2. The predicted molar refractivity (Wildman–Crippen MR) is 89.7 cm³/mol. The molecule has 0 N–H and O–H groups in total. The molecule has 0 fully saturated rings. The summed E-state index contributed by atoms with van der Waals surface area (Å²) in [5.74, 6) is 1.46. The van der Waals surface area contributed by atoms with Gasteiger partial charge in [-0.1, -0.05) is 42.1 Å². The average molecular weight is 314 g/mol. The van der Waals surface area contributed by atoms with Crippen LogP contribution in [0.5, 0.6) is 0 Å². The molecule has 0 aliphatic carbocycles. The highest BCUT2D eigenvalue weighted by Gasteiger charge is 2.22. The van der Waals surface area contributed by atoms with E-state index in [2.05, 4.69) is 27.0 Å². The van der Waals surface area contributed by atoms with Gasteiger partial charge >= 0.3 is 0 Å². The Kier molecular flexibility index (Phi) is 4.02. The fraction of sp³-hybridized carbons (Fsp3) is 0.312. The lowest BCUT2D eigenvalue weighted by atomic mass is 10.1. The highest BCUT2D eigenvalue weighted by Crippen LogP contribution is 2.24. The van der Waals surface area contributed by atoms with E-state index in [1.165, 1.54) is 17.3 Å². The van der Waals surface area contributed by atoms with Crippen molar-refractivity contribution in [1.82, 2.24) is 14.5 Å². The number of aliphatic imine (C=N–C) groups is 1. The van der Waals surface area contributed by atoms with Crippen molar-refractivity contribution in [2.75, 3.05) is 6.26 Å². The summed E-state index contributed by atoms with van der Waals surface area (Å²) in [6.07, 6.45) is 1.91. The van der Waals surface area contributed by atoms with Crippen LogP contribution in [0.1, 0.15) is 18.1 Å². The quantitative estimate of drug-likeness (QED) is 0.645. The van der Waals surface area contributed by atoms with E-state index in [-0.39, 0.29) is 5.56 Å². The van der Waals surface area contributed by atoms with E-state index in [4.69, 9.17) is 0 Å². The summed E-state index contributed by atoms with van der Waals surface area (Å²) in [5, 5.41) is 0.691. The first kappa shape index (κ1) is 14.8. The number of benzene rings is 1. The molecule has 2 aromatic rings. The topological polar surface area (TPSA) is 50.5 Å². The molecule has 1 aromatic carbocycles. The van der Waals surface area contributed by atoms with Crippen LogP contribution in [-0.4, -0.2) is 26.5 Å². The molecule has 0 bridgehead atoms. The van der Waals surface area contributed by atoms with Gasteiger partial charge in [0.15, 0.2) is 11.0 Å². The number of nitrogens with zero attached hydrogens (tertiary/aromatic N) is 4. The van der Waals surface area contributed by atoms with Gasteiger partial charge in [0.2, 0.25) is 0 Å². The zero-order chi connectivity index (χ0) is 15.7. The van der Waals surface area contributed by atoms with E-state index >= 15 is 0 Å². The molecule has 0 atom stereocenters. The number of hydrogen-bond donors (Lipinski definition) is 0. The van der Waals surface area contributed by atoms with Crippen LogP contribution in [0.3, 0.4) is 0 Å². The maximum absolute atomic E-state index is 12.5. The second-order valence-corrected chi connectivity index (χ2v) is 6.04. The first-order valence-corrected chi connectivity index (χ1v) is 8.30. The zero-order valence-electron chi connectivity index (χ0n) is 12.9. The molecule has 1 aliphatic rings. The molecule has 3 rings (SSSR count). The molecular weight excluding hydrogens is 296 g/mol. The number of hydrogen-bond acceptors (Lipinski definition) is 5. The van der Waals surface area contributed by atoms with Gasteiger partial charge in [0, 0.05) is 13.6 Å². The molecule has 0 saturated heterocycles. The summed E-state index contributed by atoms with van der Waals surface area (Å²) in [4.78, 5) is 23.7. The average Bonchev–Trinajstić information content (AvgIpc) is 2.53. The number of amidine groups is 1. The van der Waals surface area contributed by atoms with Crippen molar-refractivity contribution in [3.63, 3.8) is 0 Å². The summed E-state index contributed by atoms with van der Waals surface area (Å²) in [7, 11) is 1.76. The summed E-state index contributed by atoms with van der Waals surface area (Å²) in [6, 6.07) is 10.2. The van der Waals surface area contributed by atoms with Gasteiger partial charge in [-0.15, -0.1) is 0 Å². The van der Waals surface area contributed by atoms with Crippen molar-refractivity contribution in [2.24, 2.45) is 12.0 Å². The smallest absolute Gasteiger partial charge is 0.261 e. The maximum atomic E-state index is 12.5. The van der Waals surface area contributed by atoms with Crippen LogP contribution in [0.15, 0.2) is 45.3 Å². The van der Waals surface area contributed by atoms with Gasteiger partial charge in [-0.2, -0.15) is 0 Å². The van der Waals surface area contributed by atoms with E-state index in [1.54, 1.807) is 11.6 Å². The Morgan fingerprint density at radius 3 is 2.68 bits per heavy atom. The number of fused-ring (bicyclic) bond motifs is 1. The first-order chi connectivity index (χ1) is 10.6. The second kappa shape index (κ2) is 5.96. The maximum Gasteiger partial charge on any atom is 0.261 e. The third-order valence-electron chi connectivity index (χ3n) is 3.79. The van der Waals surface area contributed by atoms with Gasteiger partial charge in [-0.3, -0.25) is 9.36 Å². The fourth-order valence-corrected chi connectivity index (χ4v) is 3.07. The van der Waals surface area contributed by atoms with E-state index in [9.17, 15) is 4.79 Å². The van der Waals surface area contributed by atoms with Crippen LogP contribution in [0.25, 0.3) is 0 Å². The van der Waals surface area contributed by atoms with Crippen LogP contribution < -0.4 is 5.56 Å². The zero-order valence-corrected chi connectivity index (χ0v) is 13.7. The third-order valence-corrected chi connectivity index (χ3v) is 4.52. The lowest BCUT2D eigenvalue weighted by Crippen LogP contribution is -2.36. The molecule has 0 saturated carbocycles. The van der Waals surface area contributed by atoms with Crippen LogP contribution >= 0.6 is 11.8 Å². The van der Waals surface area contributed by atoms with Gasteiger partial charge in [-0.05, 0) is 18.7 Å². The predicted octanol–water partition coefficient (Wildman–Crippen LogP) is 2.57. The second-order valence-electron chi connectivity index (χ2n) is 5.27. The van der Waals surface area contributed by atoms with Crippen molar-refractivity contribution in [3.05, 3.63) is 51.8 Å². The van der Waals surface area contributed by atoms with Gasteiger partial charge in [-0.25, -0.2) is 9.98 Å². The number of aromatic nitrogens is 2. The number of rotatable bonds is 3. The Hall–Kier alpha value is -2.08. The third kappa shape index (κ3) is 2.66. The lowest BCUT2D eigenvalue weighted by Gasteiger charge is -2.28. The summed E-state index contributed by atoms with van der Waals surface area (Å²) >= 11 is 1.46. The Morgan fingerprint density at radius 1 is 1.27 bits per heavy atom. The first-order valence-electron chi connectivity index (χ1n) is 7.08.